The molecule has 0 saturated carbocycles. The second-order valence-electron chi connectivity index (χ2n) is 3.73. The zero-order valence-electron chi connectivity index (χ0n) is 8.97. The third-order valence-electron chi connectivity index (χ3n) is 2.51. The molecule has 0 fully saturated rings. The Balaban J connectivity index is 2.81. The first-order valence-electron chi connectivity index (χ1n) is 5.05. The molecule has 0 aromatic heterocycles. The Hall–Kier alpha value is -0.960. The van der Waals surface area contributed by atoms with Crippen LogP contribution in [0.2, 0.25) is 0 Å². The van der Waals surface area contributed by atoms with Gasteiger partial charge in [0.1, 0.15) is 17.4 Å². The number of Topliss-reactive ketones (excluding diaryl/α,β-unsaturated/α-hetero) is 1. The summed E-state index contributed by atoms with van der Waals surface area (Å²) in [5.74, 6) is -1.19. The zero-order chi connectivity index (χ0) is 12.1. The molecule has 0 amide bonds. The number of halogens is 3. The highest BCUT2D eigenvalue weighted by Gasteiger charge is 2.16. The van der Waals surface area contributed by atoms with Crippen LogP contribution in [0, 0.1) is 17.6 Å². The van der Waals surface area contributed by atoms with Crippen LogP contribution in [0.5, 0.6) is 0 Å². The number of benzene rings is 1. The average molecular weight is 247 g/mol. The number of alkyl halides is 1. The molecule has 1 nitrogen and oxygen atoms in total. The molecule has 0 bridgehead atoms. The molecule has 0 aliphatic rings. The Morgan fingerprint density at radius 1 is 1.44 bits per heavy atom. The molecule has 1 rings (SSSR count). The quantitative estimate of drug-likeness (QED) is 0.729. The molecule has 1 aromatic rings. The first-order chi connectivity index (χ1) is 7.54. The van der Waals surface area contributed by atoms with E-state index in [4.69, 9.17) is 11.6 Å². The number of hydrogen-bond donors (Lipinski definition) is 0. The normalized spacial score (nSPS) is 12.5. The Morgan fingerprint density at radius 3 is 2.62 bits per heavy atom. The number of ketones is 1. The topological polar surface area (TPSA) is 17.1 Å². The van der Waals surface area contributed by atoms with E-state index >= 15 is 0 Å². The van der Waals surface area contributed by atoms with Crippen molar-refractivity contribution in [3.8, 4) is 0 Å². The van der Waals surface area contributed by atoms with E-state index in [0.29, 0.717) is 17.9 Å². The first kappa shape index (κ1) is 13.1. The number of carbonyl (C=O) groups is 1. The van der Waals surface area contributed by atoms with Crippen molar-refractivity contribution in [1.82, 2.24) is 0 Å². The fraction of sp³-hybridized carbons (Fsp3) is 0.417. The minimum Gasteiger partial charge on any atom is -0.300 e. The highest BCUT2D eigenvalue weighted by Crippen LogP contribution is 2.17. The molecule has 16 heavy (non-hydrogen) atoms. The Bertz CT molecular complexity index is 379. The lowest BCUT2D eigenvalue weighted by Crippen LogP contribution is -2.15. The van der Waals surface area contributed by atoms with Gasteiger partial charge < -0.3 is 0 Å². The van der Waals surface area contributed by atoms with Gasteiger partial charge in [-0.2, -0.15) is 0 Å². The molecule has 1 atom stereocenters. The minimum absolute atomic E-state index is 0.0237. The van der Waals surface area contributed by atoms with Crippen LogP contribution in [-0.2, 0) is 11.2 Å². The van der Waals surface area contributed by atoms with Crippen molar-refractivity contribution < 1.29 is 13.6 Å². The predicted octanol–water partition coefficient (Wildman–Crippen LogP) is 3.34. The van der Waals surface area contributed by atoms with E-state index in [1.165, 1.54) is 19.1 Å². The van der Waals surface area contributed by atoms with E-state index in [9.17, 15) is 13.6 Å². The molecule has 1 unspecified atom stereocenters. The Labute approximate surface area is 98.4 Å². The summed E-state index contributed by atoms with van der Waals surface area (Å²) < 4.78 is 26.0. The van der Waals surface area contributed by atoms with Gasteiger partial charge >= 0.3 is 0 Å². The van der Waals surface area contributed by atoms with Gasteiger partial charge in [-0.25, -0.2) is 8.78 Å². The summed E-state index contributed by atoms with van der Waals surface area (Å²) in [7, 11) is 0. The van der Waals surface area contributed by atoms with Crippen LogP contribution in [0.3, 0.4) is 0 Å². The Kier molecular flexibility index (Phi) is 4.87. The summed E-state index contributed by atoms with van der Waals surface area (Å²) >= 11 is 5.57. The molecule has 88 valence electrons. The standard InChI is InChI=1S/C12H13ClF2O/c1-8(16)9(4-5-13)6-10-2-3-11(14)7-12(10)15/h2-3,7,9H,4-6H2,1H3. The maximum Gasteiger partial charge on any atom is 0.133 e. The van der Waals surface area contributed by atoms with E-state index < -0.39 is 11.6 Å². The average Bonchev–Trinajstić information content (AvgIpc) is 2.20. The van der Waals surface area contributed by atoms with E-state index in [1.807, 2.05) is 0 Å². The van der Waals surface area contributed by atoms with E-state index in [1.54, 1.807) is 0 Å². The summed E-state index contributed by atoms with van der Waals surface area (Å²) in [5.41, 5.74) is 0.353. The molecule has 0 radical (unpaired) electrons. The largest absolute Gasteiger partial charge is 0.300 e. The lowest BCUT2D eigenvalue weighted by Gasteiger charge is -2.12. The zero-order valence-corrected chi connectivity index (χ0v) is 9.73. The molecule has 1 aromatic carbocycles. The van der Waals surface area contributed by atoms with Gasteiger partial charge in [0.05, 0.1) is 0 Å². The van der Waals surface area contributed by atoms with Crippen LogP contribution in [-0.4, -0.2) is 11.7 Å². The SMILES string of the molecule is CC(=O)C(CCCl)Cc1ccc(F)cc1F. The van der Waals surface area contributed by atoms with Crippen molar-refractivity contribution in [1.29, 1.82) is 0 Å². The fourth-order valence-corrected chi connectivity index (χ4v) is 1.80. The number of rotatable bonds is 5. The summed E-state index contributed by atoms with van der Waals surface area (Å²) in [6, 6.07) is 3.39. The van der Waals surface area contributed by atoms with Gasteiger partial charge in [-0.3, -0.25) is 4.79 Å². The maximum absolute atomic E-state index is 13.3. The summed E-state index contributed by atoms with van der Waals surface area (Å²) in [4.78, 5) is 11.3. The van der Waals surface area contributed by atoms with Gasteiger partial charge in [0, 0.05) is 17.9 Å². The molecule has 0 aliphatic heterocycles. The highest BCUT2D eigenvalue weighted by atomic mass is 35.5. The third kappa shape index (κ3) is 3.56. The molecular weight excluding hydrogens is 234 g/mol. The fourth-order valence-electron chi connectivity index (χ4n) is 1.53. The molecule has 0 spiro atoms. The molecule has 0 aliphatic carbocycles. The third-order valence-corrected chi connectivity index (χ3v) is 2.73. The second-order valence-corrected chi connectivity index (χ2v) is 4.10. The predicted molar refractivity (Wildman–Crippen MR) is 59.6 cm³/mol. The van der Waals surface area contributed by atoms with E-state index in [-0.39, 0.29) is 18.1 Å². The van der Waals surface area contributed by atoms with E-state index in [2.05, 4.69) is 0 Å². The summed E-state index contributed by atoms with van der Waals surface area (Å²) in [5, 5.41) is 0. The molecular formula is C12H13ClF2O. The van der Waals surface area contributed by atoms with Crippen molar-refractivity contribution in [2.24, 2.45) is 5.92 Å². The van der Waals surface area contributed by atoms with Crippen molar-refractivity contribution in [3.05, 3.63) is 35.4 Å². The van der Waals surface area contributed by atoms with Crippen LogP contribution in [0.25, 0.3) is 0 Å². The summed E-state index contributed by atoms with van der Waals surface area (Å²) in [6.45, 7) is 1.46. The van der Waals surface area contributed by atoms with Gasteiger partial charge in [-0.05, 0) is 31.4 Å². The summed E-state index contributed by atoms with van der Waals surface area (Å²) in [6.07, 6.45) is 0.780. The van der Waals surface area contributed by atoms with E-state index in [0.717, 1.165) is 6.07 Å². The lowest BCUT2D eigenvalue weighted by molar-refractivity contribution is -0.120. The lowest BCUT2D eigenvalue weighted by atomic mass is 9.93. The van der Waals surface area contributed by atoms with Crippen LogP contribution < -0.4 is 0 Å². The second kappa shape index (κ2) is 5.94. The molecule has 0 saturated heterocycles. The highest BCUT2D eigenvalue weighted by molar-refractivity contribution is 6.18. The van der Waals surface area contributed by atoms with Crippen molar-refractivity contribution in [2.45, 2.75) is 19.8 Å². The van der Waals surface area contributed by atoms with Crippen molar-refractivity contribution in [3.63, 3.8) is 0 Å². The number of carbonyl (C=O) groups excluding carboxylic acids is 1. The van der Waals surface area contributed by atoms with Crippen LogP contribution in [0.15, 0.2) is 18.2 Å². The van der Waals surface area contributed by atoms with Crippen molar-refractivity contribution in [2.75, 3.05) is 5.88 Å². The Morgan fingerprint density at radius 2 is 2.12 bits per heavy atom. The first-order valence-corrected chi connectivity index (χ1v) is 5.58. The van der Waals surface area contributed by atoms with Crippen molar-refractivity contribution >= 4 is 17.4 Å². The van der Waals surface area contributed by atoms with Gasteiger partial charge in [0.2, 0.25) is 0 Å². The van der Waals surface area contributed by atoms with Gasteiger partial charge in [-0.1, -0.05) is 6.07 Å². The maximum atomic E-state index is 13.3. The minimum atomic E-state index is -0.613. The molecule has 0 N–H and O–H groups in total. The molecule has 4 heteroatoms. The smallest absolute Gasteiger partial charge is 0.133 e. The number of hydrogen-bond acceptors (Lipinski definition) is 1. The van der Waals surface area contributed by atoms with Crippen LogP contribution in [0.1, 0.15) is 18.9 Å². The van der Waals surface area contributed by atoms with Gasteiger partial charge in [-0.15, -0.1) is 11.6 Å². The van der Waals surface area contributed by atoms with Crippen LogP contribution in [0.4, 0.5) is 8.78 Å². The van der Waals surface area contributed by atoms with Crippen LogP contribution >= 0.6 is 11.6 Å². The molecule has 0 heterocycles. The van der Waals surface area contributed by atoms with Gasteiger partial charge in [0.25, 0.3) is 0 Å². The van der Waals surface area contributed by atoms with Gasteiger partial charge in [0.15, 0.2) is 0 Å². The monoisotopic (exact) mass is 246 g/mol.